The average Bonchev–Trinajstić information content (AvgIpc) is 2.46. The van der Waals surface area contributed by atoms with Gasteiger partial charge in [0.05, 0.1) is 16.9 Å². The Kier molecular flexibility index (Phi) is 4.45. The molecule has 21 heavy (non-hydrogen) atoms. The van der Waals surface area contributed by atoms with E-state index in [0.717, 1.165) is 0 Å². The molecule has 1 fully saturated rings. The van der Waals surface area contributed by atoms with Crippen LogP contribution in [0.1, 0.15) is 18.4 Å². The first-order valence-electron chi connectivity index (χ1n) is 6.48. The average molecular weight is 308 g/mol. The van der Waals surface area contributed by atoms with Gasteiger partial charge in [-0.25, -0.2) is 18.4 Å². The van der Waals surface area contributed by atoms with Gasteiger partial charge in [0.1, 0.15) is 0 Å². The summed E-state index contributed by atoms with van der Waals surface area (Å²) in [6, 6.07) is 8.11. The summed E-state index contributed by atoms with van der Waals surface area (Å²) in [5, 5.41) is 15.9. The Bertz CT molecular complexity index is 681. The SMILES string of the molecule is N#Cc1cccc(NC(=O)N2CCCC(S(N)(=O)=O)C2)c1. The Morgan fingerprint density at radius 1 is 1.48 bits per heavy atom. The van der Waals surface area contributed by atoms with Crippen LogP contribution in [0.3, 0.4) is 0 Å². The van der Waals surface area contributed by atoms with Crippen molar-refractivity contribution in [3.63, 3.8) is 0 Å². The molecule has 1 aromatic carbocycles. The van der Waals surface area contributed by atoms with Gasteiger partial charge in [-0.1, -0.05) is 6.07 Å². The van der Waals surface area contributed by atoms with E-state index in [1.807, 2.05) is 6.07 Å². The van der Waals surface area contributed by atoms with Crippen LogP contribution in [0.2, 0.25) is 0 Å². The maximum Gasteiger partial charge on any atom is 0.321 e. The van der Waals surface area contributed by atoms with E-state index in [1.165, 1.54) is 4.90 Å². The highest BCUT2D eigenvalue weighted by Crippen LogP contribution is 2.17. The number of benzene rings is 1. The van der Waals surface area contributed by atoms with E-state index < -0.39 is 21.3 Å². The smallest absolute Gasteiger partial charge is 0.321 e. The maximum absolute atomic E-state index is 12.1. The summed E-state index contributed by atoms with van der Waals surface area (Å²) in [5.41, 5.74) is 0.936. The number of carbonyl (C=O) groups excluding carboxylic acids is 1. The number of hydrogen-bond acceptors (Lipinski definition) is 4. The van der Waals surface area contributed by atoms with E-state index in [-0.39, 0.29) is 6.54 Å². The first-order chi connectivity index (χ1) is 9.90. The van der Waals surface area contributed by atoms with Crippen molar-refractivity contribution in [2.24, 2.45) is 5.14 Å². The molecule has 8 heteroatoms. The van der Waals surface area contributed by atoms with Crippen molar-refractivity contribution in [2.75, 3.05) is 18.4 Å². The van der Waals surface area contributed by atoms with Gasteiger partial charge in [-0.3, -0.25) is 0 Å². The molecule has 1 unspecified atom stereocenters. The number of anilines is 1. The normalized spacial score (nSPS) is 18.9. The van der Waals surface area contributed by atoms with Gasteiger partial charge in [0.15, 0.2) is 0 Å². The molecule has 0 spiro atoms. The molecule has 0 saturated carbocycles. The number of carbonyl (C=O) groups is 1. The van der Waals surface area contributed by atoms with Gasteiger partial charge in [0.2, 0.25) is 10.0 Å². The van der Waals surface area contributed by atoms with E-state index in [2.05, 4.69) is 5.32 Å². The number of hydrogen-bond donors (Lipinski definition) is 2. The topological polar surface area (TPSA) is 116 Å². The van der Waals surface area contributed by atoms with E-state index in [9.17, 15) is 13.2 Å². The summed E-state index contributed by atoms with van der Waals surface area (Å²) >= 11 is 0. The van der Waals surface area contributed by atoms with E-state index in [0.29, 0.717) is 30.6 Å². The lowest BCUT2D eigenvalue weighted by atomic mass is 10.1. The van der Waals surface area contributed by atoms with E-state index in [1.54, 1.807) is 24.3 Å². The van der Waals surface area contributed by atoms with E-state index >= 15 is 0 Å². The van der Waals surface area contributed by atoms with Gasteiger partial charge in [-0.05, 0) is 31.0 Å². The summed E-state index contributed by atoms with van der Waals surface area (Å²) in [6.45, 7) is 0.568. The fourth-order valence-electron chi connectivity index (χ4n) is 2.26. The molecular weight excluding hydrogens is 292 g/mol. The molecule has 7 nitrogen and oxygen atoms in total. The van der Waals surface area contributed by atoms with Crippen LogP contribution in [0, 0.1) is 11.3 Å². The van der Waals surface area contributed by atoms with Crippen molar-refractivity contribution < 1.29 is 13.2 Å². The Morgan fingerprint density at radius 2 is 2.24 bits per heavy atom. The fourth-order valence-corrected chi connectivity index (χ4v) is 3.14. The van der Waals surface area contributed by atoms with Crippen LogP contribution in [0.25, 0.3) is 0 Å². The van der Waals surface area contributed by atoms with Gasteiger partial charge < -0.3 is 10.2 Å². The maximum atomic E-state index is 12.1. The quantitative estimate of drug-likeness (QED) is 0.842. The molecule has 0 radical (unpaired) electrons. The van der Waals surface area contributed by atoms with Crippen molar-refractivity contribution in [3.8, 4) is 6.07 Å². The zero-order valence-corrected chi connectivity index (χ0v) is 12.1. The van der Waals surface area contributed by atoms with Gasteiger partial charge in [0.25, 0.3) is 0 Å². The lowest BCUT2D eigenvalue weighted by molar-refractivity contribution is 0.200. The third-order valence-electron chi connectivity index (χ3n) is 3.37. The van der Waals surface area contributed by atoms with Crippen molar-refractivity contribution in [2.45, 2.75) is 18.1 Å². The molecule has 1 saturated heterocycles. The minimum atomic E-state index is -3.64. The van der Waals surface area contributed by atoms with Crippen molar-refractivity contribution in [1.29, 1.82) is 5.26 Å². The molecule has 1 aromatic rings. The van der Waals surface area contributed by atoms with Crippen LogP contribution in [0.15, 0.2) is 24.3 Å². The molecule has 112 valence electrons. The first-order valence-corrected chi connectivity index (χ1v) is 8.09. The summed E-state index contributed by atoms with van der Waals surface area (Å²) in [5.74, 6) is 0. The molecule has 2 rings (SSSR count). The van der Waals surface area contributed by atoms with Crippen LogP contribution >= 0.6 is 0 Å². The summed E-state index contributed by atoms with van der Waals surface area (Å²) in [4.78, 5) is 13.6. The Labute approximate surface area is 123 Å². The fraction of sp³-hybridized carbons (Fsp3) is 0.385. The Morgan fingerprint density at radius 3 is 2.90 bits per heavy atom. The second kappa shape index (κ2) is 6.11. The minimum Gasteiger partial charge on any atom is -0.323 e. The number of rotatable bonds is 2. The molecule has 1 aliphatic rings. The lowest BCUT2D eigenvalue weighted by Crippen LogP contribution is -2.48. The summed E-state index contributed by atoms with van der Waals surface area (Å²) in [7, 11) is -3.64. The number of nitrogens with zero attached hydrogens (tertiary/aromatic N) is 2. The molecule has 1 atom stereocenters. The van der Waals surface area contributed by atoms with Crippen LogP contribution in [0.5, 0.6) is 0 Å². The van der Waals surface area contributed by atoms with Crippen molar-refractivity contribution in [3.05, 3.63) is 29.8 Å². The van der Waals surface area contributed by atoms with Crippen LogP contribution in [-0.4, -0.2) is 37.7 Å². The standard InChI is InChI=1S/C13H16N4O3S/c14-8-10-3-1-4-11(7-10)16-13(18)17-6-2-5-12(9-17)21(15,19)20/h1,3-4,7,12H,2,5-6,9H2,(H,16,18)(H2,15,19,20). The number of piperidine rings is 1. The third kappa shape index (κ3) is 3.93. The number of urea groups is 1. The number of primary sulfonamides is 1. The predicted octanol–water partition coefficient (Wildman–Crippen LogP) is 0.843. The summed E-state index contributed by atoms with van der Waals surface area (Å²) < 4.78 is 22.8. The second-order valence-electron chi connectivity index (χ2n) is 4.92. The van der Waals surface area contributed by atoms with Crippen LogP contribution < -0.4 is 10.5 Å². The molecule has 1 aliphatic heterocycles. The first kappa shape index (κ1) is 15.3. The highest BCUT2D eigenvalue weighted by Gasteiger charge is 2.30. The number of nitriles is 1. The van der Waals surface area contributed by atoms with Crippen LogP contribution in [0.4, 0.5) is 10.5 Å². The molecule has 0 bridgehead atoms. The number of sulfonamides is 1. The predicted molar refractivity (Wildman–Crippen MR) is 77.9 cm³/mol. The zero-order valence-electron chi connectivity index (χ0n) is 11.3. The second-order valence-corrected chi connectivity index (χ2v) is 6.77. The zero-order chi connectivity index (χ0) is 15.5. The highest BCUT2D eigenvalue weighted by molar-refractivity contribution is 7.89. The van der Waals surface area contributed by atoms with Gasteiger partial charge in [-0.15, -0.1) is 0 Å². The van der Waals surface area contributed by atoms with E-state index in [4.69, 9.17) is 10.4 Å². The molecule has 0 aliphatic carbocycles. The van der Waals surface area contributed by atoms with Gasteiger partial charge >= 0.3 is 6.03 Å². The number of amides is 2. The van der Waals surface area contributed by atoms with Crippen LogP contribution in [-0.2, 0) is 10.0 Å². The number of nitrogens with one attached hydrogen (secondary N) is 1. The largest absolute Gasteiger partial charge is 0.323 e. The van der Waals surface area contributed by atoms with Crippen molar-refractivity contribution in [1.82, 2.24) is 4.90 Å². The number of likely N-dealkylation sites (tertiary alicyclic amines) is 1. The Hall–Kier alpha value is -2.11. The number of nitrogens with two attached hydrogens (primary N) is 1. The summed E-state index contributed by atoms with van der Waals surface area (Å²) in [6.07, 6.45) is 1.05. The minimum absolute atomic E-state index is 0.0859. The van der Waals surface area contributed by atoms with Gasteiger partial charge in [0, 0.05) is 18.8 Å². The van der Waals surface area contributed by atoms with Gasteiger partial charge in [-0.2, -0.15) is 5.26 Å². The molecular formula is C13H16N4O3S. The molecule has 1 heterocycles. The lowest BCUT2D eigenvalue weighted by Gasteiger charge is -2.31. The van der Waals surface area contributed by atoms with Crippen molar-refractivity contribution >= 4 is 21.7 Å². The third-order valence-corrected chi connectivity index (χ3v) is 4.69. The molecule has 3 N–H and O–H groups in total. The highest BCUT2D eigenvalue weighted by atomic mass is 32.2. The Balaban J connectivity index is 2.04. The molecule has 0 aromatic heterocycles. The monoisotopic (exact) mass is 308 g/mol. The molecule has 2 amide bonds.